The lowest BCUT2D eigenvalue weighted by Crippen LogP contribution is -2.48. The van der Waals surface area contributed by atoms with E-state index in [1.54, 1.807) is 19.1 Å². The van der Waals surface area contributed by atoms with Gasteiger partial charge in [-0.05, 0) is 12.5 Å². The van der Waals surface area contributed by atoms with Gasteiger partial charge in [-0.25, -0.2) is 26.5 Å². The zero-order valence-corrected chi connectivity index (χ0v) is 13.7. The summed E-state index contributed by atoms with van der Waals surface area (Å²) < 4.78 is 5.43. The van der Waals surface area contributed by atoms with E-state index >= 15 is 0 Å². The van der Waals surface area contributed by atoms with Crippen molar-refractivity contribution in [3.63, 3.8) is 0 Å². The van der Waals surface area contributed by atoms with Gasteiger partial charge in [0.25, 0.3) is 5.69 Å². The zero-order chi connectivity index (χ0) is 18.8. The van der Waals surface area contributed by atoms with Crippen LogP contribution < -0.4 is 22.1 Å². The Morgan fingerprint density at radius 3 is 2.88 bits per heavy atom. The summed E-state index contributed by atoms with van der Waals surface area (Å²) in [5, 5.41) is 11.9. The van der Waals surface area contributed by atoms with Crippen molar-refractivity contribution in [2.24, 2.45) is 16.7 Å². The van der Waals surface area contributed by atoms with E-state index in [-0.39, 0.29) is 29.4 Å². The smallest absolute Gasteiger partial charge is 0.350 e. The molecule has 1 aromatic carbocycles. The lowest BCUT2D eigenvalue weighted by atomic mass is 10.1. The number of hydrazine groups is 2. The summed E-state index contributed by atoms with van der Waals surface area (Å²) in [4.78, 5) is 26.3. The topological polar surface area (TPSA) is 149 Å². The van der Waals surface area contributed by atoms with Crippen LogP contribution in [-0.4, -0.2) is 16.9 Å². The number of nitrogens with one attached hydrogen (secondary N) is 1. The van der Waals surface area contributed by atoms with Gasteiger partial charge in [0.05, 0.1) is 16.2 Å². The molecule has 5 N–H and O–H groups in total. The summed E-state index contributed by atoms with van der Waals surface area (Å²) in [5.74, 6) is 11.0. The third-order valence-electron chi connectivity index (χ3n) is 3.01. The molecular weight excluding hydrogens is 328 g/mol. The Morgan fingerprint density at radius 1 is 1.56 bits per heavy atom. The lowest BCUT2D eigenvalue weighted by Gasteiger charge is -2.19. The van der Waals surface area contributed by atoms with Crippen molar-refractivity contribution in [1.82, 2.24) is 5.43 Å². The minimum Gasteiger partial charge on any atom is -0.476 e. The van der Waals surface area contributed by atoms with Gasteiger partial charge in [0.15, 0.2) is 5.90 Å². The number of benzene rings is 1. The normalized spacial score (nSPS) is 11.2. The third kappa shape index (κ3) is 5.71. The molecule has 0 aliphatic carbocycles. The number of nitrogens with zero attached hydrogens (tertiary/aromatic N) is 3. The molecule has 0 radical (unpaired) electrons. The summed E-state index contributed by atoms with van der Waals surface area (Å²) in [7, 11) is 0. The standard InChI is InChI=1S/C15H20N6O4/c1-3-4-5-9-18-11(2)25-10-12-13(20(17)15(22)19-16)7-6-8-14(12)21(23)24/h3,5-9H,1,4,10,16-17H2,2H3,(H,19,22)/b9-5?,18-11+. The third-order valence-corrected chi connectivity index (χ3v) is 3.01. The Kier molecular flexibility index (Phi) is 7.76. The van der Waals surface area contributed by atoms with Gasteiger partial charge in [-0.1, -0.05) is 18.2 Å². The number of aliphatic imine (C=N–C) groups is 1. The molecule has 1 aromatic rings. The number of allylic oxidation sites excluding steroid dienone is 2. The van der Waals surface area contributed by atoms with Crippen LogP contribution in [0.25, 0.3) is 0 Å². The fourth-order valence-corrected chi connectivity index (χ4v) is 1.82. The Balaban J connectivity index is 3.08. The summed E-state index contributed by atoms with van der Waals surface area (Å²) in [5.41, 5.74) is 1.82. The largest absolute Gasteiger partial charge is 0.476 e. The minimum absolute atomic E-state index is 0.0900. The van der Waals surface area contributed by atoms with E-state index in [0.29, 0.717) is 11.4 Å². The van der Waals surface area contributed by atoms with E-state index < -0.39 is 11.0 Å². The molecule has 0 heterocycles. The first kappa shape index (κ1) is 19.8. The molecule has 0 saturated carbocycles. The maximum atomic E-state index is 11.6. The predicted octanol–water partition coefficient (Wildman–Crippen LogP) is 1.88. The van der Waals surface area contributed by atoms with E-state index in [1.807, 2.05) is 5.43 Å². The number of nitro benzene ring substituents is 1. The second kappa shape index (κ2) is 9.80. The highest BCUT2D eigenvalue weighted by Gasteiger charge is 2.23. The molecule has 0 atom stereocenters. The van der Waals surface area contributed by atoms with Gasteiger partial charge < -0.3 is 4.74 Å². The first-order chi connectivity index (χ1) is 11.9. The number of nitro groups is 1. The molecule has 0 aromatic heterocycles. The molecule has 134 valence electrons. The Hall–Kier alpha value is -3.24. The van der Waals surface area contributed by atoms with Gasteiger partial charge in [0.2, 0.25) is 0 Å². The number of hydrogen-bond donors (Lipinski definition) is 3. The number of rotatable bonds is 7. The summed E-state index contributed by atoms with van der Waals surface area (Å²) in [6, 6.07) is 3.30. The second-order valence-electron chi connectivity index (χ2n) is 4.70. The van der Waals surface area contributed by atoms with Crippen molar-refractivity contribution in [1.29, 1.82) is 0 Å². The maximum Gasteiger partial charge on any atom is 0.350 e. The molecule has 25 heavy (non-hydrogen) atoms. The molecule has 10 nitrogen and oxygen atoms in total. The van der Waals surface area contributed by atoms with Gasteiger partial charge in [-0.2, -0.15) is 0 Å². The molecule has 0 unspecified atom stereocenters. The number of anilines is 1. The molecule has 0 spiro atoms. The number of carbonyl (C=O) groups excluding carboxylic acids is 1. The SMILES string of the molecule is C=CCC=C/N=C(\C)OCc1c(N(N)C(=O)NN)cccc1[N+](=O)[O-]. The molecule has 0 aliphatic heterocycles. The van der Waals surface area contributed by atoms with Crippen LogP contribution in [0.1, 0.15) is 18.9 Å². The van der Waals surface area contributed by atoms with Crippen LogP contribution in [0.4, 0.5) is 16.2 Å². The van der Waals surface area contributed by atoms with Crippen LogP contribution in [0, 0.1) is 10.1 Å². The van der Waals surface area contributed by atoms with Crippen molar-refractivity contribution < 1.29 is 14.5 Å². The summed E-state index contributed by atoms with van der Waals surface area (Å²) >= 11 is 0. The Bertz CT molecular complexity index is 701. The van der Waals surface area contributed by atoms with E-state index in [4.69, 9.17) is 16.4 Å². The van der Waals surface area contributed by atoms with Crippen molar-refractivity contribution in [2.45, 2.75) is 20.0 Å². The Labute approximate surface area is 144 Å². The van der Waals surface area contributed by atoms with Crippen molar-refractivity contribution in [2.75, 3.05) is 5.01 Å². The van der Waals surface area contributed by atoms with Crippen LogP contribution in [0.15, 0.2) is 48.1 Å². The highest BCUT2D eigenvalue weighted by atomic mass is 16.6. The van der Waals surface area contributed by atoms with E-state index in [2.05, 4.69) is 11.6 Å². The van der Waals surface area contributed by atoms with Crippen LogP contribution in [0.2, 0.25) is 0 Å². The molecule has 0 bridgehead atoms. The van der Waals surface area contributed by atoms with Gasteiger partial charge in [0, 0.05) is 19.2 Å². The first-order valence-electron chi connectivity index (χ1n) is 7.17. The predicted molar refractivity (Wildman–Crippen MR) is 94.3 cm³/mol. The molecule has 0 saturated heterocycles. The monoisotopic (exact) mass is 348 g/mol. The van der Waals surface area contributed by atoms with Gasteiger partial charge >= 0.3 is 6.03 Å². The number of hydrogen-bond acceptors (Lipinski definition) is 7. The molecule has 0 fully saturated rings. The van der Waals surface area contributed by atoms with Crippen LogP contribution >= 0.6 is 0 Å². The molecule has 2 amide bonds. The van der Waals surface area contributed by atoms with Gasteiger partial charge in [0.1, 0.15) is 6.61 Å². The first-order valence-corrected chi connectivity index (χ1v) is 7.17. The second-order valence-corrected chi connectivity index (χ2v) is 4.70. The van der Waals surface area contributed by atoms with Crippen molar-refractivity contribution in [3.05, 3.63) is 58.8 Å². The lowest BCUT2D eigenvalue weighted by molar-refractivity contribution is -0.385. The fourth-order valence-electron chi connectivity index (χ4n) is 1.82. The maximum absolute atomic E-state index is 11.6. The number of carbonyl (C=O) groups is 1. The highest BCUT2D eigenvalue weighted by molar-refractivity contribution is 5.91. The average Bonchev–Trinajstić information content (AvgIpc) is 2.61. The van der Waals surface area contributed by atoms with Crippen LogP contribution in [-0.2, 0) is 11.3 Å². The van der Waals surface area contributed by atoms with Gasteiger partial charge in [-0.15, -0.1) is 6.58 Å². The number of urea groups is 1. The average molecular weight is 348 g/mol. The Morgan fingerprint density at radius 2 is 2.28 bits per heavy atom. The zero-order valence-electron chi connectivity index (χ0n) is 13.7. The quantitative estimate of drug-likeness (QED) is 0.130. The number of amides is 2. The van der Waals surface area contributed by atoms with E-state index in [0.717, 1.165) is 0 Å². The van der Waals surface area contributed by atoms with Gasteiger partial charge in [-0.3, -0.25) is 15.5 Å². The minimum atomic E-state index is -0.834. The molecule has 1 rings (SSSR count). The van der Waals surface area contributed by atoms with E-state index in [9.17, 15) is 14.9 Å². The summed E-state index contributed by atoms with van der Waals surface area (Å²) in [6.07, 6.45) is 5.67. The molecule has 0 aliphatic rings. The molecular formula is C15H20N6O4. The number of nitrogens with two attached hydrogens (primary N) is 2. The summed E-state index contributed by atoms with van der Waals surface area (Å²) in [6.45, 7) is 4.97. The van der Waals surface area contributed by atoms with Crippen molar-refractivity contribution >= 4 is 23.3 Å². The van der Waals surface area contributed by atoms with Crippen LogP contribution in [0.5, 0.6) is 0 Å². The van der Waals surface area contributed by atoms with E-state index in [1.165, 1.54) is 24.4 Å². The van der Waals surface area contributed by atoms with Crippen LogP contribution in [0.3, 0.4) is 0 Å². The number of ether oxygens (including phenoxy) is 1. The fraction of sp³-hybridized carbons (Fsp3) is 0.200. The highest BCUT2D eigenvalue weighted by Crippen LogP contribution is 2.29. The molecule has 10 heteroatoms. The van der Waals surface area contributed by atoms with Crippen molar-refractivity contribution in [3.8, 4) is 0 Å².